The van der Waals surface area contributed by atoms with Crippen LogP contribution in [0.3, 0.4) is 0 Å². The number of rotatable bonds is 9. The van der Waals surface area contributed by atoms with E-state index in [1.807, 2.05) is 54.6 Å². The van der Waals surface area contributed by atoms with Gasteiger partial charge in [0.2, 0.25) is 5.95 Å². The van der Waals surface area contributed by atoms with Crippen molar-refractivity contribution in [1.29, 1.82) is 0 Å². The molecule has 0 aliphatic rings. The van der Waals surface area contributed by atoms with Gasteiger partial charge in [-0.05, 0) is 30.0 Å². The number of nitrogens with one attached hydrogen (secondary N) is 2. The van der Waals surface area contributed by atoms with Gasteiger partial charge in [-0.2, -0.15) is 0 Å². The van der Waals surface area contributed by atoms with Gasteiger partial charge < -0.3 is 15.4 Å². The first kappa shape index (κ1) is 19.4. The topological polar surface area (TPSA) is 76.1 Å². The summed E-state index contributed by atoms with van der Waals surface area (Å²) in [4.78, 5) is 20.6. The molecule has 6 heteroatoms. The number of ether oxygens (including phenoxy) is 1. The van der Waals surface area contributed by atoms with E-state index in [-0.39, 0.29) is 5.91 Å². The Balaban J connectivity index is 1.44. The highest BCUT2D eigenvalue weighted by Gasteiger charge is 2.07. The monoisotopic (exact) mass is 376 g/mol. The number of nitrogens with zero attached hydrogens (tertiary/aromatic N) is 2. The minimum Gasteiger partial charge on any atom is -0.496 e. The van der Waals surface area contributed by atoms with E-state index in [4.69, 9.17) is 4.74 Å². The van der Waals surface area contributed by atoms with E-state index >= 15 is 0 Å². The Hall–Kier alpha value is -3.41. The zero-order chi connectivity index (χ0) is 19.6. The van der Waals surface area contributed by atoms with E-state index in [0.717, 1.165) is 24.2 Å². The fraction of sp³-hybridized carbons (Fsp3) is 0.227. The standard InChI is InChI=1S/C22H24N4O2/c1-28-20-10-6-5-9-18(20)12-14-24-22-25-15-19(16-26-22)21(27)23-13-11-17-7-3-2-4-8-17/h2-10,15-16H,11-14H2,1H3,(H,23,27)(H,24,25,26). The average molecular weight is 376 g/mol. The number of benzene rings is 2. The number of methoxy groups -OCH3 is 1. The van der Waals surface area contributed by atoms with Gasteiger partial charge in [-0.15, -0.1) is 0 Å². The Labute approximate surface area is 165 Å². The number of carbonyl (C=O) groups excluding carboxylic acids is 1. The maximum absolute atomic E-state index is 12.2. The van der Waals surface area contributed by atoms with Crippen molar-refractivity contribution in [3.8, 4) is 5.75 Å². The molecular weight excluding hydrogens is 352 g/mol. The molecule has 1 aromatic heterocycles. The molecule has 0 aliphatic carbocycles. The largest absolute Gasteiger partial charge is 0.496 e. The van der Waals surface area contributed by atoms with Crippen LogP contribution < -0.4 is 15.4 Å². The number of hydrogen-bond donors (Lipinski definition) is 2. The van der Waals surface area contributed by atoms with Crippen LogP contribution in [0.4, 0.5) is 5.95 Å². The van der Waals surface area contributed by atoms with Crippen LogP contribution in [0, 0.1) is 0 Å². The molecule has 0 saturated heterocycles. The highest BCUT2D eigenvalue weighted by atomic mass is 16.5. The number of para-hydroxylation sites is 1. The fourth-order valence-corrected chi connectivity index (χ4v) is 2.82. The summed E-state index contributed by atoms with van der Waals surface area (Å²) in [6, 6.07) is 17.9. The molecule has 1 heterocycles. The molecule has 0 spiro atoms. The molecule has 0 aliphatic heterocycles. The van der Waals surface area contributed by atoms with Gasteiger partial charge in [0, 0.05) is 25.5 Å². The normalized spacial score (nSPS) is 10.3. The smallest absolute Gasteiger partial charge is 0.254 e. The second-order valence-electron chi connectivity index (χ2n) is 6.28. The molecule has 28 heavy (non-hydrogen) atoms. The first-order chi connectivity index (χ1) is 13.8. The van der Waals surface area contributed by atoms with Gasteiger partial charge in [-0.25, -0.2) is 9.97 Å². The van der Waals surface area contributed by atoms with Crippen LogP contribution in [0.5, 0.6) is 5.75 Å². The molecule has 2 N–H and O–H groups in total. The van der Waals surface area contributed by atoms with Crippen molar-refractivity contribution in [1.82, 2.24) is 15.3 Å². The summed E-state index contributed by atoms with van der Waals surface area (Å²) in [5.74, 6) is 1.19. The van der Waals surface area contributed by atoms with E-state index in [9.17, 15) is 4.79 Å². The highest BCUT2D eigenvalue weighted by molar-refractivity contribution is 5.93. The zero-order valence-corrected chi connectivity index (χ0v) is 15.9. The zero-order valence-electron chi connectivity index (χ0n) is 15.9. The fourth-order valence-electron chi connectivity index (χ4n) is 2.82. The van der Waals surface area contributed by atoms with E-state index in [2.05, 4.69) is 20.6 Å². The van der Waals surface area contributed by atoms with Crippen molar-refractivity contribution in [3.63, 3.8) is 0 Å². The lowest BCUT2D eigenvalue weighted by atomic mass is 10.1. The molecule has 6 nitrogen and oxygen atoms in total. The lowest BCUT2D eigenvalue weighted by molar-refractivity contribution is 0.0953. The third-order valence-corrected chi connectivity index (χ3v) is 4.33. The van der Waals surface area contributed by atoms with Crippen LogP contribution >= 0.6 is 0 Å². The molecule has 1 amide bonds. The SMILES string of the molecule is COc1ccccc1CCNc1ncc(C(=O)NCCc2ccccc2)cn1. The summed E-state index contributed by atoms with van der Waals surface area (Å²) in [6.07, 6.45) is 4.65. The van der Waals surface area contributed by atoms with Crippen LogP contribution in [-0.2, 0) is 12.8 Å². The molecule has 0 saturated carbocycles. The van der Waals surface area contributed by atoms with Gasteiger partial charge in [0.05, 0.1) is 12.7 Å². The molecule has 144 valence electrons. The Morgan fingerprint density at radius 3 is 2.39 bits per heavy atom. The minimum absolute atomic E-state index is 0.170. The summed E-state index contributed by atoms with van der Waals surface area (Å²) < 4.78 is 5.35. The van der Waals surface area contributed by atoms with Gasteiger partial charge in [-0.1, -0.05) is 48.5 Å². The number of carbonyl (C=O) groups is 1. The molecule has 0 fully saturated rings. The van der Waals surface area contributed by atoms with Crippen molar-refractivity contribution in [3.05, 3.63) is 83.7 Å². The van der Waals surface area contributed by atoms with Crippen molar-refractivity contribution >= 4 is 11.9 Å². The Morgan fingerprint density at radius 2 is 1.64 bits per heavy atom. The first-order valence-corrected chi connectivity index (χ1v) is 9.26. The summed E-state index contributed by atoms with van der Waals surface area (Å²) in [7, 11) is 1.67. The summed E-state index contributed by atoms with van der Waals surface area (Å²) in [6.45, 7) is 1.24. The van der Waals surface area contributed by atoms with E-state index in [1.54, 1.807) is 7.11 Å². The third-order valence-electron chi connectivity index (χ3n) is 4.33. The number of anilines is 1. The lowest BCUT2D eigenvalue weighted by Gasteiger charge is -2.09. The van der Waals surface area contributed by atoms with Crippen molar-refractivity contribution < 1.29 is 9.53 Å². The van der Waals surface area contributed by atoms with E-state index in [0.29, 0.717) is 24.6 Å². The highest BCUT2D eigenvalue weighted by Crippen LogP contribution is 2.17. The van der Waals surface area contributed by atoms with Crippen molar-refractivity contribution in [2.45, 2.75) is 12.8 Å². The van der Waals surface area contributed by atoms with Gasteiger partial charge in [0.25, 0.3) is 5.91 Å². The van der Waals surface area contributed by atoms with Crippen LogP contribution in [0.2, 0.25) is 0 Å². The van der Waals surface area contributed by atoms with Gasteiger partial charge in [0.1, 0.15) is 5.75 Å². The number of amides is 1. The van der Waals surface area contributed by atoms with Gasteiger partial charge >= 0.3 is 0 Å². The lowest BCUT2D eigenvalue weighted by Crippen LogP contribution is -2.26. The molecule has 3 aromatic rings. The van der Waals surface area contributed by atoms with Crippen molar-refractivity contribution in [2.24, 2.45) is 0 Å². The molecule has 3 rings (SSSR count). The summed E-state index contributed by atoms with van der Waals surface area (Å²) >= 11 is 0. The molecule has 0 radical (unpaired) electrons. The molecule has 2 aromatic carbocycles. The Bertz CT molecular complexity index is 883. The summed E-state index contributed by atoms with van der Waals surface area (Å²) in [5.41, 5.74) is 2.75. The van der Waals surface area contributed by atoms with Gasteiger partial charge in [0.15, 0.2) is 0 Å². The van der Waals surface area contributed by atoms with Crippen LogP contribution in [0.15, 0.2) is 67.0 Å². The second-order valence-corrected chi connectivity index (χ2v) is 6.28. The number of hydrogen-bond acceptors (Lipinski definition) is 5. The van der Waals surface area contributed by atoms with E-state index in [1.165, 1.54) is 18.0 Å². The average Bonchev–Trinajstić information content (AvgIpc) is 2.75. The molecule has 0 bridgehead atoms. The minimum atomic E-state index is -0.170. The maximum atomic E-state index is 12.2. The Morgan fingerprint density at radius 1 is 0.929 bits per heavy atom. The third kappa shape index (κ3) is 5.54. The predicted molar refractivity (Wildman–Crippen MR) is 110 cm³/mol. The van der Waals surface area contributed by atoms with Crippen LogP contribution in [0.25, 0.3) is 0 Å². The van der Waals surface area contributed by atoms with E-state index < -0.39 is 0 Å². The molecule has 0 atom stereocenters. The number of aromatic nitrogens is 2. The van der Waals surface area contributed by atoms with Crippen LogP contribution in [0.1, 0.15) is 21.5 Å². The van der Waals surface area contributed by atoms with Gasteiger partial charge in [-0.3, -0.25) is 4.79 Å². The second kappa shape index (κ2) is 10.1. The van der Waals surface area contributed by atoms with Crippen molar-refractivity contribution in [2.75, 3.05) is 25.5 Å². The van der Waals surface area contributed by atoms with Crippen LogP contribution in [-0.4, -0.2) is 36.1 Å². The predicted octanol–water partition coefficient (Wildman–Crippen LogP) is 3.11. The Kier molecular flexibility index (Phi) is 6.95. The quantitative estimate of drug-likeness (QED) is 0.600. The summed E-state index contributed by atoms with van der Waals surface area (Å²) in [5, 5.41) is 6.06. The maximum Gasteiger partial charge on any atom is 0.254 e. The molecular formula is C22H24N4O2. The molecule has 0 unspecified atom stereocenters. The first-order valence-electron chi connectivity index (χ1n) is 9.26.